The minimum absolute atomic E-state index is 0.231. The van der Waals surface area contributed by atoms with Crippen LogP contribution in [0.5, 0.6) is 0 Å². The van der Waals surface area contributed by atoms with Crippen LogP contribution in [0.3, 0.4) is 0 Å². The Balaban J connectivity index is 2.54. The van der Waals surface area contributed by atoms with Crippen molar-refractivity contribution in [2.75, 3.05) is 6.61 Å². The Morgan fingerprint density at radius 2 is 1.02 bits per heavy atom. The molecular formula is C42H82NO12P. The number of allylic oxidation sites excluding steroid dienone is 2. The molecule has 0 heterocycles. The van der Waals surface area contributed by atoms with Gasteiger partial charge in [0.05, 0.1) is 31.3 Å². The van der Waals surface area contributed by atoms with Crippen molar-refractivity contribution < 1.29 is 59.0 Å². The average Bonchev–Trinajstić information content (AvgIpc) is 3.17. The highest BCUT2D eigenvalue weighted by atomic mass is 31.2. The summed E-state index contributed by atoms with van der Waals surface area (Å²) < 4.78 is 22.9. The third-order valence-corrected chi connectivity index (χ3v) is 11.9. The Bertz CT molecular complexity index is 1020. The Morgan fingerprint density at radius 3 is 1.52 bits per heavy atom. The number of aliphatic hydroxyl groups excluding tert-OH is 7. The first kappa shape index (κ1) is 53.1. The van der Waals surface area contributed by atoms with Gasteiger partial charge in [-0.25, -0.2) is 4.57 Å². The summed E-state index contributed by atoms with van der Waals surface area (Å²) in [5.41, 5.74) is 0. The number of amides is 1. The Labute approximate surface area is 338 Å². The van der Waals surface area contributed by atoms with E-state index in [9.17, 15) is 50.0 Å². The number of carbonyl (C=O) groups is 1. The third kappa shape index (κ3) is 24.8. The molecule has 1 amide bonds. The maximum absolute atomic E-state index is 12.9. The van der Waals surface area contributed by atoms with Crippen LogP contribution in [0.4, 0.5) is 0 Å². The predicted molar refractivity (Wildman–Crippen MR) is 220 cm³/mol. The van der Waals surface area contributed by atoms with Gasteiger partial charge in [-0.1, -0.05) is 161 Å². The van der Waals surface area contributed by atoms with Crippen molar-refractivity contribution >= 4 is 13.7 Å². The number of nitrogens with one attached hydrogen (secondary N) is 1. The van der Waals surface area contributed by atoms with Gasteiger partial charge in [-0.3, -0.25) is 13.8 Å². The number of carbonyl (C=O) groups excluding carboxylic acids is 1. The molecule has 14 heteroatoms. The molecule has 0 aliphatic heterocycles. The molecule has 1 rings (SSSR count). The standard InChI is InChI=1S/C42H82NO12P/c1-3-5-7-9-11-13-14-15-16-17-18-19-20-22-24-26-28-30-35(45)34(43-36(46)31-33(44)29-27-25-23-21-12-10-8-6-4-2)32-54-56(52,53)55-42-40(50)38(48)37(47)39(49)41(42)51/h10,12,33-35,37-42,44-45,47-51H,3-9,11,13-32H2,1-2H3,(H,43,46)(H,52,53)/b12-10-. The van der Waals surface area contributed by atoms with E-state index in [0.717, 1.165) is 57.8 Å². The smallest absolute Gasteiger partial charge is 0.393 e. The first-order chi connectivity index (χ1) is 26.8. The minimum Gasteiger partial charge on any atom is -0.393 e. The molecular weight excluding hydrogens is 741 g/mol. The number of hydrogen-bond acceptors (Lipinski definition) is 11. The molecule has 0 saturated heterocycles. The molecule has 0 aromatic carbocycles. The molecule has 13 nitrogen and oxygen atoms in total. The minimum atomic E-state index is -5.11. The number of unbranched alkanes of at least 4 members (excludes halogenated alkanes) is 21. The van der Waals surface area contributed by atoms with E-state index in [0.29, 0.717) is 12.8 Å². The zero-order valence-electron chi connectivity index (χ0n) is 34.8. The molecule has 9 N–H and O–H groups in total. The molecule has 0 aromatic rings. The normalized spacial score (nSPS) is 24.2. The van der Waals surface area contributed by atoms with Crippen molar-refractivity contribution in [3.05, 3.63) is 12.2 Å². The highest BCUT2D eigenvalue weighted by molar-refractivity contribution is 7.47. The Hall–Kier alpha value is -0.960. The van der Waals surface area contributed by atoms with Gasteiger partial charge in [0.25, 0.3) is 0 Å². The van der Waals surface area contributed by atoms with Gasteiger partial charge in [0.2, 0.25) is 5.91 Å². The maximum atomic E-state index is 12.9. The summed E-state index contributed by atoms with van der Waals surface area (Å²) in [5.74, 6) is -0.571. The van der Waals surface area contributed by atoms with Crippen LogP contribution in [0.1, 0.15) is 187 Å². The monoisotopic (exact) mass is 824 g/mol. The summed E-state index contributed by atoms with van der Waals surface area (Å²) in [6, 6.07) is -1.15. The quantitative estimate of drug-likeness (QED) is 0.0184. The van der Waals surface area contributed by atoms with Gasteiger partial charge in [0, 0.05) is 0 Å². The summed E-state index contributed by atoms with van der Waals surface area (Å²) in [4.78, 5) is 23.4. The molecule has 1 fully saturated rings. The van der Waals surface area contributed by atoms with E-state index >= 15 is 0 Å². The maximum Gasteiger partial charge on any atom is 0.472 e. The summed E-state index contributed by atoms with van der Waals surface area (Å²) in [7, 11) is -5.11. The second kappa shape index (κ2) is 32.8. The van der Waals surface area contributed by atoms with Crippen LogP contribution >= 0.6 is 7.82 Å². The molecule has 0 bridgehead atoms. The molecule has 0 spiro atoms. The molecule has 1 aliphatic rings. The summed E-state index contributed by atoms with van der Waals surface area (Å²) in [6.45, 7) is 3.72. The largest absolute Gasteiger partial charge is 0.472 e. The first-order valence-electron chi connectivity index (χ1n) is 22.2. The molecule has 56 heavy (non-hydrogen) atoms. The van der Waals surface area contributed by atoms with Crippen molar-refractivity contribution in [2.45, 2.75) is 242 Å². The van der Waals surface area contributed by atoms with Gasteiger partial charge >= 0.3 is 7.82 Å². The number of phosphoric acid groups is 1. The Morgan fingerprint density at radius 1 is 0.607 bits per heavy atom. The fraction of sp³-hybridized carbons (Fsp3) is 0.929. The van der Waals surface area contributed by atoms with Crippen LogP contribution in [0, 0.1) is 0 Å². The SMILES string of the molecule is CCCC/C=C\CCCCCC(O)CC(=O)NC(COP(=O)(O)OC1C(O)C(O)C(O)C(O)C1O)C(O)CCCCCCCCCCCCCCCCCCC. The molecule has 0 radical (unpaired) electrons. The van der Waals surface area contributed by atoms with Crippen molar-refractivity contribution in [2.24, 2.45) is 0 Å². The molecule has 8 unspecified atom stereocenters. The highest BCUT2D eigenvalue weighted by Gasteiger charge is 2.51. The zero-order chi connectivity index (χ0) is 41.6. The lowest BCUT2D eigenvalue weighted by atomic mass is 9.85. The molecule has 1 aliphatic carbocycles. The van der Waals surface area contributed by atoms with E-state index in [1.807, 2.05) is 0 Å². The van der Waals surface area contributed by atoms with Gasteiger partial charge in [-0.2, -0.15) is 0 Å². The van der Waals surface area contributed by atoms with Crippen molar-refractivity contribution in [1.82, 2.24) is 5.32 Å². The third-order valence-electron chi connectivity index (χ3n) is 10.9. The van der Waals surface area contributed by atoms with Crippen LogP contribution in [0.15, 0.2) is 12.2 Å². The van der Waals surface area contributed by atoms with Gasteiger partial charge in [-0.05, 0) is 32.1 Å². The number of rotatable bonds is 36. The van der Waals surface area contributed by atoms with Crippen molar-refractivity contribution in [1.29, 1.82) is 0 Å². The number of aliphatic hydroxyl groups is 7. The summed E-state index contributed by atoms with van der Waals surface area (Å²) >= 11 is 0. The van der Waals surface area contributed by atoms with Crippen LogP contribution in [-0.2, 0) is 18.4 Å². The lowest BCUT2D eigenvalue weighted by Crippen LogP contribution is -2.64. The van der Waals surface area contributed by atoms with Gasteiger partial charge in [0.15, 0.2) is 0 Å². The fourth-order valence-corrected chi connectivity index (χ4v) is 8.13. The number of phosphoric ester groups is 1. The molecule has 8 atom stereocenters. The van der Waals surface area contributed by atoms with E-state index in [4.69, 9.17) is 9.05 Å². The molecule has 332 valence electrons. The fourth-order valence-electron chi connectivity index (χ4n) is 7.17. The molecule has 1 saturated carbocycles. The summed E-state index contributed by atoms with van der Waals surface area (Å²) in [6.07, 6.45) is 18.5. The van der Waals surface area contributed by atoms with Gasteiger partial charge in [0.1, 0.15) is 36.6 Å². The second-order valence-electron chi connectivity index (χ2n) is 16.1. The Kier molecular flexibility index (Phi) is 31.1. The van der Waals surface area contributed by atoms with Gasteiger partial charge in [-0.15, -0.1) is 0 Å². The molecule has 0 aromatic heterocycles. The van der Waals surface area contributed by atoms with Crippen molar-refractivity contribution in [3.8, 4) is 0 Å². The number of hydrogen-bond donors (Lipinski definition) is 9. The van der Waals surface area contributed by atoms with E-state index in [-0.39, 0.29) is 12.8 Å². The van der Waals surface area contributed by atoms with E-state index in [1.54, 1.807) is 0 Å². The van der Waals surface area contributed by atoms with E-state index < -0.39 is 75.2 Å². The zero-order valence-corrected chi connectivity index (χ0v) is 35.7. The highest BCUT2D eigenvalue weighted by Crippen LogP contribution is 2.47. The van der Waals surface area contributed by atoms with Crippen molar-refractivity contribution in [3.63, 3.8) is 0 Å². The van der Waals surface area contributed by atoms with E-state index in [1.165, 1.54) is 89.9 Å². The second-order valence-corrected chi connectivity index (χ2v) is 17.5. The van der Waals surface area contributed by atoms with Crippen LogP contribution < -0.4 is 5.32 Å². The van der Waals surface area contributed by atoms with Crippen LogP contribution in [-0.4, -0.2) is 108 Å². The van der Waals surface area contributed by atoms with Gasteiger partial charge < -0.3 is 46.0 Å². The first-order valence-corrected chi connectivity index (χ1v) is 23.7. The van der Waals surface area contributed by atoms with E-state index in [2.05, 4.69) is 31.3 Å². The topological polar surface area (TPSA) is 226 Å². The predicted octanol–water partition coefficient (Wildman–Crippen LogP) is 6.64. The summed E-state index contributed by atoms with van der Waals surface area (Å²) in [5, 5.41) is 74.4. The lowest BCUT2D eigenvalue weighted by molar-refractivity contribution is -0.220. The van der Waals surface area contributed by atoms with Crippen LogP contribution in [0.25, 0.3) is 0 Å². The average molecular weight is 824 g/mol. The van der Waals surface area contributed by atoms with Crippen LogP contribution in [0.2, 0.25) is 0 Å². The lowest BCUT2D eigenvalue weighted by Gasteiger charge is -2.41.